The first-order chi connectivity index (χ1) is 12.3. The Kier molecular flexibility index (Phi) is 4.13. The van der Waals surface area contributed by atoms with Gasteiger partial charge in [0.1, 0.15) is 4.83 Å². The highest BCUT2D eigenvalue weighted by molar-refractivity contribution is 7.17. The average Bonchev–Trinajstić information content (AvgIpc) is 3.12. The monoisotopic (exact) mass is 348 g/mol. The van der Waals surface area contributed by atoms with Crippen molar-refractivity contribution in [3.05, 3.63) is 71.5 Å². The smallest absolute Gasteiger partial charge is 0.317 e. The molecule has 0 fully saturated rings. The van der Waals surface area contributed by atoms with Crippen LogP contribution in [0, 0.1) is 0 Å². The third-order valence-corrected chi connectivity index (χ3v) is 4.88. The molecule has 5 nitrogen and oxygen atoms in total. The maximum Gasteiger partial charge on any atom is 0.317 e. The quantitative estimate of drug-likeness (QED) is 0.607. The van der Waals surface area contributed by atoms with Crippen LogP contribution in [0.2, 0.25) is 0 Å². The van der Waals surface area contributed by atoms with Crippen LogP contribution in [0.15, 0.2) is 60.1 Å². The van der Waals surface area contributed by atoms with E-state index in [1.54, 1.807) is 24.6 Å². The molecule has 25 heavy (non-hydrogen) atoms. The van der Waals surface area contributed by atoms with Gasteiger partial charge in [-0.2, -0.15) is 9.97 Å². The fourth-order valence-corrected chi connectivity index (χ4v) is 3.74. The first-order valence-corrected chi connectivity index (χ1v) is 8.71. The molecule has 0 spiro atoms. The van der Waals surface area contributed by atoms with E-state index in [1.165, 1.54) is 0 Å². The van der Waals surface area contributed by atoms with E-state index in [0.717, 1.165) is 32.7 Å². The summed E-state index contributed by atoms with van der Waals surface area (Å²) in [6.07, 6.45) is 1.73. The maximum atomic E-state index is 6.51. The normalized spacial score (nSPS) is 12.2. The Morgan fingerprint density at radius 2 is 1.84 bits per heavy atom. The summed E-state index contributed by atoms with van der Waals surface area (Å²) in [6, 6.07) is 15.7. The number of rotatable bonds is 4. The van der Waals surface area contributed by atoms with Crippen molar-refractivity contribution in [2.24, 2.45) is 5.73 Å². The molecule has 0 saturated carbocycles. The van der Waals surface area contributed by atoms with Gasteiger partial charge in [0.25, 0.3) is 0 Å². The number of fused-ring (bicyclic) bond motifs is 1. The Balaban J connectivity index is 1.96. The van der Waals surface area contributed by atoms with Crippen molar-refractivity contribution < 1.29 is 4.74 Å². The number of thiophene rings is 1. The summed E-state index contributed by atoms with van der Waals surface area (Å²) in [4.78, 5) is 14.3. The second-order valence-electron chi connectivity index (χ2n) is 5.52. The fourth-order valence-electron chi connectivity index (χ4n) is 2.79. The van der Waals surface area contributed by atoms with Crippen LogP contribution < -0.4 is 10.5 Å². The minimum absolute atomic E-state index is 0.315. The Morgan fingerprint density at radius 3 is 2.56 bits per heavy atom. The largest absolute Gasteiger partial charge is 0.467 e. The highest BCUT2D eigenvalue weighted by atomic mass is 32.1. The van der Waals surface area contributed by atoms with Gasteiger partial charge in [0.15, 0.2) is 0 Å². The third kappa shape index (κ3) is 2.86. The molecule has 124 valence electrons. The number of nitrogens with two attached hydrogens (primary N) is 1. The highest BCUT2D eigenvalue weighted by Crippen LogP contribution is 2.38. The zero-order chi connectivity index (χ0) is 17.2. The van der Waals surface area contributed by atoms with Gasteiger partial charge in [0.2, 0.25) is 0 Å². The lowest BCUT2D eigenvalue weighted by atomic mass is 10.0. The van der Waals surface area contributed by atoms with Crippen LogP contribution in [0.3, 0.4) is 0 Å². The van der Waals surface area contributed by atoms with Gasteiger partial charge in [-0.05, 0) is 17.7 Å². The molecule has 0 saturated heterocycles. The Bertz CT molecular complexity index is 1000. The van der Waals surface area contributed by atoms with E-state index < -0.39 is 6.04 Å². The topological polar surface area (TPSA) is 73.9 Å². The molecule has 0 aliphatic rings. The first-order valence-electron chi connectivity index (χ1n) is 7.83. The van der Waals surface area contributed by atoms with E-state index >= 15 is 0 Å². The standard InChI is InChI=1S/C19H16N4OS/c1-24-19-22-17(16(20)14-9-5-6-10-21-14)15-13(11-25-18(15)23-19)12-7-3-2-4-8-12/h2-11,16H,20H2,1H3. The van der Waals surface area contributed by atoms with Crippen molar-refractivity contribution in [1.82, 2.24) is 15.0 Å². The Hall–Kier alpha value is -2.83. The lowest BCUT2D eigenvalue weighted by molar-refractivity contribution is 0.380. The van der Waals surface area contributed by atoms with Crippen molar-refractivity contribution in [2.45, 2.75) is 6.04 Å². The van der Waals surface area contributed by atoms with Gasteiger partial charge in [-0.25, -0.2) is 0 Å². The lowest BCUT2D eigenvalue weighted by Gasteiger charge is -2.14. The van der Waals surface area contributed by atoms with E-state index in [4.69, 9.17) is 10.5 Å². The van der Waals surface area contributed by atoms with E-state index in [1.807, 2.05) is 36.4 Å². The molecule has 0 radical (unpaired) electrons. The predicted molar refractivity (Wildman–Crippen MR) is 99.7 cm³/mol. The molecular weight excluding hydrogens is 332 g/mol. The number of methoxy groups -OCH3 is 1. The number of hydrogen-bond donors (Lipinski definition) is 1. The molecule has 2 N–H and O–H groups in total. The van der Waals surface area contributed by atoms with Crippen LogP contribution in [0.4, 0.5) is 0 Å². The number of ether oxygens (including phenoxy) is 1. The first kappa shape index (κ1) is 15.7. The highest BCUT2D eigenvalue weighted by Gasteiger charge is 2.21. The number of aromatic nitrogens is 3. The van der Waals surface area contributed by atoms with Crippen LogP contribution >= 0.6 is 11.3 Å². The predicted octanol–water partition coefficient (Wildman–Crippen LogP) is 3.81. The van der Waals surface area contributed by atoms with Crippen molar-refractivity contribution in [2.75, 3.05) is 7.11 Å². The van der Waals surface area contributed by atoms with Crippen molar-refractivity contribution >= 4 is 21.6 Å². The molecule has 0 aliphatic heterocycles. The number of hydrogen-bond acceptors (Lipinski definition) is 6. The summed E-state index contributed by atoms with van der Waals surface area (Å²) in [5.41, 5.74) is 10.2. The van der Waals surface area contributed by atoms with Gasteiger partial charge in [0.05, 0.1) is 24.5 Å². The SMILES string of the molecule is COc1nc(C(N)c2ccccn2)c2c(-c3ccccc3)csc2n1. The van der Waals surface area contributed by atoms with Crippen molar-refractivity contribution in [3.63, 3.8) is 0 Å². The number of benzene rings is 1. The van der Waals surface area contributed by atoms with E-state index in [-0.39, 0.29) is 0 Å². The zero-order valence-electron chi connectivity index (χ0n) is 13.6. The van der Waals surface area contributed by atoms with Gasteiger partial charge >= 0.3 is 6.01 Å². The van der Waals surface area contributed by atoms with Crippen LogP contribution in [-0.2, 0) is 0 Å². The molecule has 3 aromatic heterocycles. The summed E-state index contributed by atoms with van der Waals surface area (Å²) < 4.78 is 5.27. The Labute approximate surface area is 149 Å². The molecule has 1 unspecified atom stereocenters. The molecule has 1 atom stereocenters. The van der Waals surface area contributed by atoms with E-state index in [2.05, 4.69) is 32.5 Å². The minimum atomic E-state index is -0.460. The van der Waals surface area contributed by atoms with Gasteiger partial charge in [0, 0.05) is 22.5 Å². The fraction of sp³-hybridized carbons (Fsp3) is 0.105. The molecule has 6 heteroatoms. The second-order valence-corrected chi connectivity index (χ2v) is 6.38. The number of nitrogens with zero attached hydrogens (tertiary/aromatic N) is 3. The van der Waals surface area contributed by atoms with Crippen molar-refractivity contribution in [3.8, 4) is 17.1 Å². The molecule has 0 aliphatic carbocycles. The zero-order valence-corrected chi connectivity index (χ0v) is 14.4. The lowest BCUT2D eigenvalue weighted by Crippen LogP contribution is -2.16. The van der Waals surface area contributed by atoms with Gasteiger partial charge in [-0.15, -0.1) is 11.3 Å². The molecular formula is C19H16N4OS. The maximum absolute atomic E-state index is 6.51. The van der Waals surface area contributed by atoms with E-state index in [0.29, 0.717) is 6.01 Å². The van der Waals surface area contributed by atoms with Crippen LogP contribution in [0.25, 0.3) is 21.3 Å². The molecule has 0 amide bonds. The summed E-state index contributed by atoms with van der Waals surface area (Å²) in [5, 5.41) is 3.04. The van der Waals surface area contributed by atoms with Gasteiger partial charge in [-0.3, -0.25) is 4.98 Å². The summed E-state index contributed by atoms with van der Waals surface area (Å²) >= 11 is 1.56. The average molecular weight is 348 g/mol. The molecule has 4 rings (SSSR count). The van der Waals surface area contributed by atoms with Crippen LogP contribution in [0.5, 0.6) is 6.01 Å². The third-order valence-electron chi connectivity index (χ3n) is 4.01. The van der Waals surface area contributed by atoms with Crippen LogP contribution in [0.1, 0.15) is 17.4 Å². The molecule has 0 bridgehead atoms. The molecule has 3 heterocycles. The molecule has 1 aromatic carbocycles. The summed E-state index contributed by atoms with van der Waals surface area (Å²) in [7, 11) is 1.56. The van der Waals surface area contributed by atoms with Gasteiger partial charge < -0.3 is 10.5 Å². The summed E-state index contributed by atoms with van der Waals surface area (Å²) in [5.74, 6) is 0. The summed E-state index contributed by atoms with van der Waals surface area (Å²) in [6.45, 7) is 0. The van der Waals surface area contributed by atoms with Gasteiger partial charge in [-0.1, -0.05) is 36.4 Å². The van der Waals surface area contributed by atoms with E-state index in [9.17, 15) is 0 Å². The van der Waals surface area contributed by atoms with Crippen molar-refractivity contribution in [1.29, 1.82) is 0 Å². The second kappa shape index (κ2) is 6.58. The Morgan fingerprint density at radius 1 is 1.04 bits per heavy atom. The molecule has 4 aromatic rings. The number of pyridine rings is 1. The minimum Gasteiger partial charge on any atom is -0.467 e. The van der Waals surface area contributed by atoms with Crippen LogP contribution in [-0.4, -0.2) is 22.1 Å².